The molecule has 0 unspecified atom stereocenters. The Bertz CT molecular complexity index is 1410. The molecule has 8 nitrogen and oxygen atoms in total. The molecule has 148 valence electrons. The molecule has 5 rings (SSSR count). The molecule has 4 N–H and O–H groups in total. The van der Waals surface area contributed by atoms with Crippen LogP contribution in [0.25, 0.3) is 22.1 Å². The van der Waals surface area contributed by atoms with Gasteiger partial charge in [-0.25, -0.2) is 4.98 Å². The molecule has 0 bridgehead atoms. The predicted molar refractivity (Wildman–Crippen MR) is 118 cm³/mol. The maximum atomic E-state index is 12.7. The first-order chi connectivity index (χ1) is 14.5. The molecular formula is C20H13Cl2N7O. The predicted octanol–water partition coefficient (Wildman–Crippen LogP) is 5.14. The lowest BCUT2D eigenvalue weighted by Crippen LogP contribution is -2.11. The zero-order valence-corrected chi connectivity index (χ0v) is 16.7. The van der Waals surface area contributed by atoms with Crippen LogP contribution >= 0.6 is 23.2 Å². The number of fused-ring (bicyclic) bond motifs is 2. The minimum absolute atomic E-state index is 0.246. The van der Waals surface area contributed by atoms with Gasteiger partial charge in [-0.3, -0.25) is 4.79 Å². The third-order valence-corrected chi connectivity index (χ3v) is 5.05. The number of hydrogen-bond acceptors (Lipinski definition) is 5. The fourth-order valence-electron chi connectivity index (χ4n) is 3.05. The molecule has 2 heterocycles. The summed E-state index contributed by atoms with van der Waals surface area (Å²) in [6.07, 6.45) is 0. The summed E-state index contributed by atoms with van der Waals surface area (Å²) in [5.74, 6) is 0.257. The molecule has 1 amide bonds. The van der Waals surface area contributed by atoms with Gasteiger partial charge in [0.15, 0.2) is 0 Å². The van der Waals surface area contributed by atoms with E-state index in [2.05, 4.69) is 36.0 Å². The van der Waals surface area contributed by atoms with Crippen molar-refractivity contribution in [1.82, 2.24) is 25.4 Å². The van der Waals surface area contributed by atoms with Crippen molar-refractivity contribution in [3.8, 4) is 0 Å². The fourth-order valence-corrected chi connectivity index (χ4v) is 3.51. The molecule has 5 aromatic rings. The van der Waals surface area contributed by atoms with Crippen molar-refractivity contribution in [2.24, 2.45) is 0 Å². The number of aromatic nitrogens is 5. The van der Waals surface area contributed by atoms with Crippen LogP contribution in [0.2, 0.25) is 10.0 Å². The fraction of sp³-hybridized carbons (Fsp3) is 0. The van der Waals surface area contributed by atoms with E-state index >= 15 is 0 Å². The van der Waals surface area contributed by atoms with E-state index in [1.165, 1.54) is 0 Å². The number of nitrogens with zero attached hydrogens (tertiary/aromatic N) is 3. The van der Waals surface area contributed by atoms with E-state index in [1.807, 2.05) is 0 Å². The van der Waals surface area contributed by atoms with Gasteiger partial charge in [0.25, 0.3) is 5.91 Å². The Labute approximate surface area is 179 Å². The SMILES string of the molecule is O=C(Nc1ccc2n[nH]nc2c1)c1ccc2nc(Nc3ccc(Cl)cc3Cl)[nH]c2c1. The Balaban J connectivity index is 1.38. The molecule has 3 aromatic carbocycles. The number of halogens is 2. The van der Waals surface area contributed by atoms with Crippen molar-refractivity contribution in [2.75, 3.05) is 10.6 Å². The van der Waals surface area contributed by atoms with Gasteiger partial charge in [0.1, 0.15) is 11.0 Å². The number of hydrogen-bond donors (Lipinski definition) is 4. The summed E-state index contributed by atoms with van der Waals surface area (Å²) in [5.41, 5.74) is 4.61. The van der Waals surface area contributed by atoms with E-state index < -0.39 is 0 Å². The van der Waals surface area contributed by atoms with Crippen LogP contribution in [0.5, 0.6) is 0 Å². The summed E-state index contributed by atoms with van der Waals surface area (Å²) < 4.78 is 0. The summed E-state index contributed by atoms with van der Waals surface area (Å²) in [5, 5.41) is 17.6. The quantitative estimate of drug-likeness (QED) is 0.311. The van der Waals surface area contributed by atoms with E-state index in [1.54, 1.807) is 54.6 Å². The van der Waals surface area contributed by atoms with Crippen LogP contribution in [0.15, 0.2) is 54.6 Å². The molecule has 0 saturated heterocycles. The zero-order valence-electron chi connectivity index (χ0n) is 15.2. The molecule has 10 heteroatoms. The smallest absolute Gasteiger partial charge is 0.255 e. The highest BCUT2D eigenvalue weighted by molar-refractivity contribution is 6.36. The summed E-state index contributed by atoms with van der Waals surface area (Å²) in [6, 6.07) is 15.7. The first-order valence-corrected chi connectivity index (χ1v) is 9.64. The maximum Gasteiger partial charge on any atom is 0.255 e. The Morgan fingerprint density at radius 1 is 0.900 bits per heavy atom. The molecule has 0 fully saturated rings. The van der Waals surface area contributed by atoms with Crippen LogP contribution in [-0.4, -0.2) is 31.3 Å². The average Bonchev–Trinajstić information content (AvgIpc) is 3.35. The van der Waals surface area contributed by atoms with Gasteiger partial charge in [-0.05, 0) is 54.6 Å². The number of anilines is 3. The molecular weight excluding hydrogens is 425 g/mol. The molecule has 30 heavy (non-hydrogen) atoms. The second-order valence-corrected chi connectivity index (χ2v) is 7.39. The van der Waals surface area contributed by atoms with Crippen LogP contribution in [0.3, 0.4) is 0 Å². The average molecular weight is 438 g/mol. The minimum Gasteiger partial charge on any atom is -0.324 e. The van der Waals surface area contributed by atoms with Gasteiger partial charge >= 0.3 is 0 Å². The van der Waals surface area contributed by atoms with Crippen molar-refractivity contribution in [1.29, 1.82) is 0 Å². The topological polar surface area (TPSA) is 111 Å². The number of nitrogens with one attached hydrogen (secondary N) is 4. The summed E-state index contributed by atoms with van der Waals surface area (Å²) in [7, 11) is 0. The molecule has 0 saturated carbocycles. The van der Waals surface area contributed by atoms with Crippen molar-refractivity contribution in [2.45, 2.75) is 0 Å². The van der Waals surface area contributed by atoms with E-state index in [0.29, 0.717) is 49.5 Å². The van der Waals surface area contributed by atoms with Crippen LogP contribution in [0.1, 0.15) is 10.4 Å². The summed E-state index contributed by atoms with van der Waals surface area (Å²) in [4.78, 5) is 20.3. The van der Waals surface area contributed by atoms with E-state index in [0.717, 1.165) is 5.52 Å². The monoisotopic (exact) mass is 437 g/mol. The van der Waals surface area contributed by atoms with E-state index in [-0.39, 0.29) is 5.91 Å². The third kappa shape index (κ3) is 3.54. The van der Waals surface area contributed by atoms with Gasteiger partial charge in [-0.15, -0.1) is 0 Å². The number of aromatic amines is 2. The van der Waals surface area contributed by atoms with Crippen LogP contribution < -0.4 is 10.6 Å². The Morgan fingerprint density at radius 3 is 2.60 bits per heavy atom. The molecule has 0 atom stereocenters. The Kier molecular flexibility index (Phi) is 4.50. The van der Waals surface area contributed by atoms with Crippen LogP contribution in [0.4, 0.5) is 17.3 Å². The van der Waals surface area contributed by atoms with Gasteiger partial charge in [0, 0.05) is 16.3 Å². The van der Waals surface area contributed by atoms with Gasteiger partial charge < -0.3 is 15.6 Å². The lowest BCUT2D eigenvalue weighted by molar-refractivity contribution is 0.102. The minimum atomic E-state index is -0.246. The maximum absolute atomic E-state index is 12.7. The van der Waals surface area contributed by atoms with E-state index in [4.69, 9.17) is 23.2 Å². The van der Waals surface area contributed by atoms with Gasteiger partial charge in [-0.1, -0.05) is 23.2 Å². The standard InChI is InChI=1S/C20H13Cl2N7O/c21-11-2-5-14(13(22)8-11)24-20-25-15-4-1-10(7-17(15)26-20)19(30)23-12-3-6-16-18(9-12)28-29-27-16/h1-9H,(H,23,30)(H2,24,25,26)(H,27,28,29). The van der Waals surface area contributed by atoms with Crippen molar-refractivity contribution >= 4 is 68.5 Å². The summed E-state index contributed by atoms with van der Waals surface area (Å²) >= 11 is 12.1. The molecule has 0 aliphatic carbocycles. The van der Waals surface area contributed by atoms with Crippen LogP contribution in [-0.2, 0) is 0 Å². The van der Waals surface area contributed by atoms with Crippen molar-refractivity contribution in [3.05, 3.63) is 70.2 Å². The van der Waals surface area contributed by atoms with Crippen molar-refractivity contribution in [3.63, 3.8) is 0 Å². The second kappa shape index (κ2) is 7.33. The highest BCUT2D eigenvalue weighted by atomic mass is 35.5. The molecule has 0 aliphatic rings. The Morgan fingerprint density at radius 2 is 1.73 bits per heavy atom. The number of amides is 1. The first kappa shape index (κ1) is 18.4. The highest BCUT2D eigenvalue weighted by Crippen LogP contribution is 2.28. The molecule has 2 aromatic heterocycles. The molecule has 0 radical (unpaired) electrons. The normalized spacial score (nSPS) is 11.1. The number of rotatable bonds is 4. The summed E-state index contributed by atoms with van der Waals surface area (Å²) in [6.45, 7) is 0. The first-order valence-electron chi connectivity index (χ1n) is 8.89. The molecule has 0 aliphatic heterocycles. The van der Waals surface area contributed by atoms with Gasteiger partial charge in [0.05, 0.1) is 21.7 Å². The lowest BCUT2D eigenvalue weighted by Gasteiger charge is -2.05. The number of carbonyl (C=O) groups excluding carboxylic acids is 1. The van der Waals surface area contributed by atoms with Gasteiger partial charge in [0.2, 0.25) is 5.95 Å². The van der Waals surface area contributed by atoms with Crippen molar-refractivity contribution < 1.29 is 4.79 Å². The van der Waals surface area contributed by atoms with E-state index in [9.17, 15) is 4.79 Å². The van der Waals surface area contributed by atoms with Crippen LogP contribution in [0, 0.1) is 0 Å². The number of imidazole rings is 1. The number of H-pyrrole nitrogens is 2. The van der Waals surface area contributed by atoms with Gasteiger partial charge in [-0.2, -0.15) is 15.4 Å². The highest BCUT2D eigenvalue weighted by Gasteiger charge is 2.11. The Hall–Kier alpha value is -3.62. The third-order valence-electron chi connectivity index (χ3n) is 4.50. The second-order valence-electron chi connectivity index (χ2n) is 6.55. The zero-order chi connectivity index (χ0) is 20.7. The number of carbonyl (C=O) groups is 1. The largest absolute Gasteiger partial charge is 0.324 e. The lowest BCUT2D eigenvalue weighted by atomic mass is 10.2. The molecule has 0 spiro atoms. The number of benzene rings is 3.